The summed E-state index contributed by atoms with van der Waals surface area (Å²) in [7, 11) is 1.94. The summed E-state index contributed by atoms with van der Waals surface area (Å²) >= 11 is 0. The van der Waals surface area contributed by atoms with Crippen molar-refractivity contribution in [3.63, 3.8) is 0 Å². The molecule has 0 unspecified atom stereocenters. The highest BCUT2D eigenvalue weighted by molar-refractivity contribution is 5.96. The van der Waals surface area contributed by atoms with Gasteiger partial charge in [-0.1, -0.05) is 37.6 Å². The summed E-state index contributed by atoms with van der Waals surface area (Å²) in [6.07, 6.45) is 3.51. The number of carbonyl (C=O) groups is 1. The normalized spacial score (nSPS) is 10.9. The second-order valence-corrected chi connectivity index (χ2v) is 5.64. The van der Waals surface area contributed by atoms with Gasteiger partial charge in [-0.25, -0.2) is 0 Å². The molecule has 3 heteroatoms. The highest BCUT2D eigenvalue weighted by Crippen LogP contribution is 2.16. The van der Waals surface area contributed by atoms with Crippen molar-refractivity contribution < 1.29 is 4.79 Å². The molecule has 0 atom stereocenters. The SMILES string of the molecule is CCCc1ccc(C(=O)CCc2c(C)nn(C)c2C)cc1. The lowest BCUT2D eigenvalue weighted by Gasteiger charge is -2.04. The maximum absolute atomic E-state index is 12.3. The zero-order valence-electron chi connectivity index (χ0n) is 13.4. The van der Waals surface area contributed by atoms with Crippen LogP contribution in [0, 0.1) is 13.8 Å². The van der Waals surface area contributed by atoms with Crippen molar-refractivity contribution in [3.8, 4) is 0 Å². The quantitative estimate of drug-likeness (QED) is 0.756. The molecule has 3 nitrogen and oxygen atoms in total. The Labute approximate surface area is 127 Å². The zero-order valence-corrected chi connectivity index (χ0v) is 13.4. The molecule has 0 radical (unpaired) electrons. The molecule has 1 aromatic carbocycles. The van der Waals surface area contributed by atoms with E-state index in [9.17, 15) is 4.79 Å². The van der Waals surface area contributed by atoms with Crippen LogP contribution in [0.2, 0.25) is 0 Å². The van der Waals surface area contributed by atoms with Crippen LogP contribution in [0.25, 0.3) is 0 Å². The van der Waals surface area contributed by atoms with Gasteiger partial charge in [0.25, 0.3) is 0 Å². The number of nitrogens with zero attached hydrogens (tertiary/aromatic N) is 2. The van der Waals surface area contributed by atoms with E-state index in [1.54, 1.807) is 0 Å². The molecule has 2 aromatic rings. The topological polar surface area (TPSA) is 34.9 Å². The van der Waals surface area contributed by atoms with E-state index in [-0.39, 0.29) is 5.78 Å². The highest BCUT2D eigenvalue weighted by Gasteiger charge is 2.12. The van der Waals surface area contributed by atoms with Crippen LogP contribution in [0.5, 0.6) is 0 Å². The number of ketones is 1. The molecule has 1 aromatic heterocycles. The predicted octanol–water partition coefficient (Wildman–Crippen LogP) is 3.80. The van der Waals surface area contributed by atoms with Crippen LogP contribution >= 0.6 is 0 Å². The Morgan fingerprint density at radius 1 is 1.14 bits per heavy atom. The number of aromatic nitrogens is 2. The lowest BCUT2D eigenvalue weighted by atomic mass is 10.00. The number of Topliss-reactive ketones (excluding diaryl/α,β-unsaturated/α-hetero) is 1. The van der Waals surface area contributed by atoms with Crippen LogP contribution in [0.4, 0.5) is 0 Å². The number of benzene rings is 1. The van der Waals surface area contributed by atoms with Crippen LogP contribution in [-0.2, 0) is 19.9 Å². The largest absolute Gasteiger partial charge is 0.294 e. The van der Waals surface area contributed by atoms with Gasteiger partial charge in [-0.05, 0) is 37.8 Å². The molecule has 0 bridgehead atoms. The first-order valence-corrected chi connectivity index (χ1v) is 7.64. The maximum atomic E-state index is 12.3. The van der Waals surface area contributed by atoms with Gasteiger partial charge in [-0.2, -0.15) is 5.10 Å². The van der Waals surface area contributed by atoms with Crippen molar-refractivity contribution in [2.45, 2.75) is 46.5 Å². The summed E-state index contributed by atoms with van der Waals surface area (Å²) < 4.78 is 1.88. The standard InChI is InChI=1S/C18H24N2O/c1-5-6-15-7-9-16(10-8-15)18(21)12-11-17-13(2)19-20(4)14(17)3/h7-10H,5-6,11-12H2,1-4H3. The molecule has 21 heavy (non-hydrogen) atoms. The van der Waals surface area contributed by atoms with E-state index in [1.165, 1.54) is 11.1 Å². The number of aryl methyl sites for hydroxylation is 3. The minimum atomic E-state index is 0.209. The molecule has 112 valence electrons. The molecule has 0 saturated heterocycles. The van der Waals surface area contributed by atoms with E-state index in [2.05, 4.69) is 31.1 Å². The van der Waals surface area contributed by atoms with Crippen molar-refractivity contribution >= 4 is 5.78 Å². The molecule has 0 saturated carbocycles. The van der Waals surface area contributed by atoms with Crippen LogP contribution < -0.4 is 0 Å². The highest BCUT2D eigenvalue weighted by atomic mass is 16.1. The molecule has 0 fully saturated rings. The molecule has 0 aliphatic rings. The van der Waals surface area contributed by atoms with Gasteiger partial charge in [0.05, 0.1) is 5.69 Å². The summed E-state index contributed by atoms with van der Waals surface area (Å²) in [5, 5.41) is 4.40. The third-order valence-electron chi connectivity index (χ3n) is 4.08. The van der Waals surface area contributed by atoms with Crippen LogP contribution in [0.1, 0.15) is 52.6 Å². The van der Waals surface area contributed by atoms with Gasteiger partial charge in [0.1, 0.15) is 0 Å². The number of hydrogen-bond donors (Lipinski definition) is 0. The van der Waals surface area contributed by atoms with Gasteiger partial charge < -0.3 is 0 Å². The summed E-state index contributed by atoms with van der Waals surface area (Å²) in [6.45, 7) is 6.23. The molecule has 0 spiro atoms. The summed E-state index contributed by atoms with van der Waals surface area (Å²) in [4.78, 5) is 12.3. The third-order valence-corrected chi connectivity index (χ3v) is 4.08. The van der Waals surface area contributed by atoms with Crippen molar-refractivity contribution in [2.75, 3.05) is 0 Å². The molecule has 0 aliphatic heterocycles. The van der Waals surface area contributed by atoms with Crippen molar-refractivity contribution in [2.24, 2.45) is 7.05 Å². The first-order chi connectivity index (χ1) is 10.0. The predicted molar refractivity (Wildman–Crippen MR) is 85.8 cm³/mol. The van der Waals surface area contributed by atoms with Gasteiger partial charge in [0.15, 0.2) is 5.78 Å². The van der Waals surface area contributed by atoms with E-state index in [0.29, 0.717) is 6.42 Å². The average Bonchev–Trinajstić information content (AvgIpc) is 2.71. The second-order valence-electron chi connectivity index (χ2n) is 5.64. The lowest BCUT2D eigenvalue weighted by molar-refractivity contribution is 0.0983. The van der Waals surface area contributed by atoms with Gasteiger partial charge >= 0.3 is 0 Å². The Balaban J connectivity index is 2.01. The molecular weight excluding hydrogens is 260 g/mol. The summed E-state index contributed by atoms with van der Waals surface area (Å²) in [5.74, 6) is 0.209. The molecule has 0 aliphatic carbocycles. The second kappa shape index (κ2) is 6.70. The summed E-state index contributed by atoms with van der Waals surface area (Å²) in [6, 6.07) is 8.04. The average molecular weight is 284 g/mol. The zero-order chi connectivity index (χ0) is 15.4. The minimum absolute atomic E-state index is 0.209. The van der Waals surface area contributed by atoms with Gasteiger partial charge in [0.2, 0.25) is 0 Å². The number of carbonyl (C=O) groups excluding carboxylic acids is 1. The number of hydrogen-bond acceptors (Lipinski definition) is 2. The Morgan fingerprint density at radius 2 is 1.81 bits per heavy atom. The van der Waals surface area contributed by atoms with Crippen molar-refractivity contribution in [3.05, 3.63) is 52.3 Å². The van der Waals surface area contributed by atoms with Crippen molar-refractivity contribution in [1.29, 1.82) is 0 Å². The van der Waals surface area contributed by atoms with Gasteiger partial charge in [-0.3, -0.25) is 9.48 Å². The van der Waals surface area contributed by atoms with E-state index in [4.69, 9.17) is 0 Å². The Morgan fingerprint density at radius 3 is 2.33 bits per heavy atom. The number of rotatable bonds is 6. The van der Waals surface area contributed by atoms with E-state index >= 15 is 0 Å². The van der Waals surface area contributed by atoms with Crippen LogP contribution in [-0.4, -0.2) is 15.6 Å². The Hall–Kier alpha value is -1.90. The van der Waals surface area contributed by atoms with E-state index < -0.39 is 0 Å². The van der Waals surface area contributed by atoms with E-state index in [0.717, 1.165) is 36.2 Å². The molecular formula is C18H24N2O. The van der Waals surface area contributed by atoms with Crippen LogP contribution in [0.15, 0.2) is 24.3 Å². The first-order valence-electron chi connectivity index (χ1n) is 7.64. The fourth-order valence-corrected chi connectivity index (χ4v) is 2.71. The fourth-order valence-electron chi connectivity index (χ4n) is 2.71. The third kappa shape index (κ3) is 3.60. The summed E-state index contributed by atoms with van der Waals surface area (Å²) in [5.41, 5.74) is 5.50. The lowest BCUT2D eigenvalue weighted by Crippen LogP contribution is -2.03. The maximum Gasteiger partial charge on any atom is 0.163 e. The molecule has 0 amide bonds. The van der Waals surface area contributed by atoms with Gasteiger partial charge in [0, 0.05) is 24.7 Å². The fraction of sp³-hybridized carbons (Fsp3) is 0.444. The molecule has 1 heterocycles. The monoisotopic (exact) mass is 284 g/mol. The van der Waals surface area contributed by atoms with Gasteiger partial charge in [-0.15, -0.1) is 0 Å². The minimum Gasteiger partial charge on any atom is -0.294 e. The molecule has 0 N–H and O–H groups in total. The molecule has 2 rings (SSSR count). The van der Waals surface area contributed by atoms with E-state index in [1.807, 2.05) is 30.8 Å². The Kier molecular flexibility index (Phi) is 4.94. The van der Waals surface area contributed by atoms with Crippen LogP contribution in [0.3, 0.4) is 0 Å². The van der Waals surface area contributed by atoms with Crippen molar-refractivity contribution in [1.82, 2.24) is 9.78 Å². The smallest absolute Gasteiger partial charge is 0.163 e. The first kappa shape index (κ1) is 15.5. The Bertz CT molecular complexity index is 623.